The number of halogens is 1. The van der Waals surface area contributed by atoms with Crippen molar-refractivity contribution in [2.75, 3.05) is 0 Å². The average molecular weight is 387 g/mol. The molecular formula is C21H18FN7. The van der Waals surface area contributed by atoms with E-state index in [1.807, 2.05) is 53.2 Å². The van der Waals surface area contributed by atoms with Gasteiger partial charge in [-0.25, -0.2) is 14.4 Å². The van der Waals surface area contributed by atoms with Crippen molar-refractivity contribution in [2.24, 2.45) is 16.5 Å². The fourth-order valence-electron chi connectivity index (χ4n) is 3.47. The van der Waals surface area contributed by atoms with Crippen LogP contribution in [0.4, 0.5) is 4.39 Å². The normalized spacial score (nSPS) is 18.6. The van der Waals surface area contributed by atoms with Gasteiger partial charge >= 0.3 is 0 Å². The Kier molecular flexibility index (Phi) is 3.83. The van der Waals surface area contributed by atoms with Crippen LogP contribution in [-0.2, 0) is 5.79 Å². The number of hydrogen-bond donors (Lipinski definition) is 4. The van der Waals surface area contributed by atoms with Crippen LogP contribution in [0.3, 0.4) is 0 Å². The first-order valence-electron chi connectivity index (χ1n) is 9.03. The average Bonchev–Trinajstić information content (AvgIpc) is 3.32. The molecule has 6 N–H and O–H groups in total. The molecule has 0 spiro atoms. The van der Waals surface area contributed by atoms with E-state index < -0.39 is 5.79 Å². The van der Waals surface area contributed by atoms with Crippen LogP contribution in [0.25, 0.3) is 28.0 Å². The van der Waals surface area contributed by atoms with Crippen LogP contribution in [0.15, 0.2) is 78.0 Å². The zero-order valence-electron chi connectivity index (χ0n) is 15.3. The number of aliphatic imine (C=N–C) groups is 1. The molecule has 0 saturated carbocycles. The molecule has 29 heavy (non-hydrogen) atoms. The third-order valence-electron chi connectivity index (χ3n) is 4.97. The number of hydrazine groups is 1. The molecule has 1 unspecified atom stereocenters. The van der Waals surface area contributed by atoms with E-state index in [9.17, 15) is 4.39 Å². The number of nitrogens with two attached hydrogens (primary N) is 2. The lowest BCUT2D eigenvalue weighted by molar-refractivity contribution is 0.375. The lowest BCUT2D eigenvalue weighted by Gasteiger charge is -2.21. The number of pyridine rings is 1. The summed E-state index contributed by atoms with van der Waals surface area (Å²) in [4.78, 5) is 8.77. The van der Waals surface area contributed by atoms with Crippen molar-refractivity contribution < 1.29 is 4.39 Å². The Labute approximate surface area is 165 Å². The van der Waals surface area contributed by atoms with Crippen molar-refractivity contribution in [3.05, 3.63) is 84.4 Å². The Balaban J connectivity index is 1.55. The van der Waals surface area contributed by atoms with E-state index in [2.05, 4.69) is 20.8 Å². The molecule has 5 rings (SSSR count). The second kappa shape index (κ2) is 6.40. The molecule has 2 aromatic heterocycles. The quantitative estimate of drug-likeness (QED) is 0.432. The summed E-state index contributed by atoms with van der Waals surface area (Å²) in [5, 5.41) is 0. The second-order valence-corrected chi connectivity index (χ2v) is 6.89. The Bertz CT molecular complexity index is 1250. The number of aromatic nitrogens is 2. The van der Waals surface area contributed by atoms with Crippen LogP contribution >= 0.6 is 0 Å². The topological polar surface area (TPSA) is 106 Å². The fourth-order valence-corrected chi connectivity index (χ4v) is 3.47. The van der Waals surface area contributed by atoms with E-state index in [1.54, 1.807) is 12.1 Å². The largest absolute Gasteiger partial charge is 0.369 e. The molecule has 1 aliphatic rings. The molecule has 1 aliphatic heterocycles. The third kappa shape index (κ3) is 3.00. The number of guanidine groups is 1. The number of benzene rings is 2. The van der Waals surface area contributed by atoms with Crippen LogP contribution in [0.5, 0.6) is 0 Å². The van der Waals surface area contributed by atoms with Gasteiger partial charge < -0.3 is 5.73 Å². The van der Waals surface area contributed by atoms with E-state index in [0.717, 1.165) is 33.6 Å². The zero-order chi connectivity index (χ0) is 20.0. The molecule has 7 nitrogen and oxygen atoms in total. The molecule has 0 aliphatic carbocycles. The van der Waals surface area contributed by atoms with Crippen molar-refractivity contribution in [1.29, 1.82) is 0 Å². The molecule has 0 amide bonds. The summed E-state index contributed by atoms with van der Waals surface area (Å²) in [5.74, 6) is -1.15. The van der Waals surface area contributed by atoms with Crippen molar-refractivity contribution in [3.8, 4) is 22.4 Å². The van der Waals surface area contributed by atoms with Gasteiger partial charge in [0.2, 0.25) is 11.7 Å². The molecular weight excluding hydrogens is 369 g/mol. The predicted octanol–water partition coefficient (Wildman–Crippen LogP) is 2.30. The van der Waals surface area contributed by atoms with Gasteiger partial charge in [0.25, 0.3) is 0 Å². The van der Waals surface area contributed by atoms with Crippen LogP contribution in [0, 0.1) is 5.82 Å². The number of rotatable bonds is 3. The summed E-state index contributed by atoms with van der Waals surface area (Å²) in [7, 11) is 0. The SMILES string of the molecule is NC1=NC(N)(c2cccc(-c3cnc4cc(-c5ccc(F)cc5)ccn34)c2)NN1. The van der Waals surface area contributed by atoms with Crippen molar-refractivity contribution in [2.45, 2.75) is 5.79 Å². The summed E-state index contributed by atoms with van der Waals surface area (Å²) >= 11 is 0. The summed E-state index contributed by atoms with van der Waals surface area (Å²) < 4.78 is 15.2. The van der Waals surface area contributed by atoms with Crippen LogP contribution in [0.2, 0.25) is 0 Å². The highest BCUT2D eigenvalue weighted by atomic mass is 19.1. The molecule has 3 heterocycles. The highest BCUT2D eigenvalue weighted by molar-refractivity contribution is 5.79. The number of imidazole rings is 1. The zero-order valence-corrected chi connectivity index (χ0v) is 15.3. The maximum absolute atomic E-state index is 13.2. The number of nitrogens with one attached hydrogen (secondary N) is 2. The fraction of sp³-hybridized carbons (Fsp3) is 0.0476. The van der Waals surface area contributed by atoms with Gasteiger partial charge in [0.05, 0.1) is 11.9 Å². The summed E-state index contributed by atoms with van der Waals surface area (Å²) in [5.41, 5.74) is 22.9. The van der Waals surface area contributed by atoms with E-state index in [0.29, 0.717) is 0 Å². The van der Waals surface area contributed by atoms with Gasteiger partial charge in [0.1, 0.15) is 11.5 Å². The first-order valence-corrected chi connectivity index (χ1v) is 9.03. The Morgan fingerprint density at radius 3 is 2.55 bits per heavy atom. The van der Waals surface area contributed by atoms with Gasteiger partial charge in [-0.2, -0.15) is 5.43 Å². The monoisotopic (exact) mass is 387 g/mol. The predicted molar refractivity (Wildman–Crippen MR) is 110 cm³/mol. The van der Waals surface area contributed by atoms with E-state index in [1.165, 1.54) is 12.1 Å². The molecule has 0 radical (unpaired) electrons. The lowest BCUT2D eigenvalue weighted by Crippen LogP contribution is -2.50. The van der Waals surface area contributed by atoms with Crippen LogP contribution in [0.1, 0.15) is 5.56 Å². The summed E-state index contributed by atoms with van der Waals surface area (Å²) in [6.07, 6.45) is 3.76. The van der Waals surface area contributed by atoms with Gasteiger partial charge in [-0.15, -0.1) is 0 Å². The van der Waals surface area contributed by atoms with E-state index in [-0.39, 0.29) is 11.8 Å². The highest BCUT2D eigenvalue weighted by Crippen LogP contribution is 2.28. The number of nitrogens with zero attached hydrogens (tertiary/aromatic N) is 3. The number of fused-ring (bicyclic) bond motifs is 1. The van der Waals surface area contributed by atoms with Crippen molar-refractivity contribution >= 4 is 11.6 Å². The molecule has 2 aromatic carbocycles. The first-order chi connectivity index (χ1) is 14.0. The molecule has 1 atom stereocenters. The van der Waals surface area contributed by atoms with Gasteiger partial charge in [0.15, 0.2) is 0 Å². The van der Waals surface area contributed by atoms with Crippen molar-refractivity contribution in [1.82, 2.24) is 20.2 Å². The van der Waals surface area contributed by atoms with E-state index >= 15 is 0 Å². The second-order valence-electron chi connectivity index (χ2n) is 6.89. The first kappa shape index (κ1) is 17.4. The molecule has 4 aromatic rings. The van der Waals surface area contributed by atoms with Gasteiger partial charge in [-0.3, -0.25) is 15.6 Å². The van der Waals surface area contributed by atoms with Gasteiger partial charge in [-0.1, -0.05) is 30.3 Å². The maximum Gasteiger partial charge on any atom is 0.209 e. The van der Waals surface area contributed by atoms with Gasteiger partial charge in [-0.05, 0) is 41.5 Å². The van der Waals surface area contributed by atoms with Crippen molar-refractivity contribution in [3.63, 3.8) is 0 Å². The minimum atomic E-state index is -1.13. The smallest absolute Gasteiger partial charge is 0.209 e. The third-order valence-corrected chi connectivity index (χ3v) is 4.97. The Hall–Kier alpha value is -3.75. The van der Waals surface area contributed by atoms with Gasteiger partial charge in [0, 0.05) is 17.3 Å². The van der Waals surface area contributed by atoms with E-state index in [4.69, 9.17) is 11.5 Å². The molecule has 0 bridgehead atoms. The van der Waals surface area contributed by atoms with Crippen LogP contribution < -0.4 is 22.3 Å². The maximum atomic E-state index is 13.2. The molecule has 8 heteroatoms. The Morgan fingerprint density at radius 1 is 0.966 bits per heavy atom. The molecule has 0 saturated heterocycles. The molecule has 0 fully saturated rings. The minimum Gasteiger partial charge on any atom is -0.369 e. The lowest BCUT2D eigenvalue weighted by atomic mass is 10.0. The minimum absolute atomic E-state index is 0.237. The standard InChI is InChI=1S/C21H18FN7/c22-17-6-4-13(5-7-17)14-8-9-29-18(12-25-19(29)11-14)15-2-1-3-16(10-15)21(24)26-20(23)27-28-21/h1-12,28H,24H2,(H3,23,26,27). The molecule has 144 valence electrons. The van der Waals surface area contributed by atoms with Crippen LogP contribution in [-0.4, -0.2) is 15.3 Å². The number of hydrogen-bond acceptors (Lipinski definition) is 6. The summed E-state index contributed by atoms with van der Waals surface area (Å²) in [6.45, 7) is 0. The highest BCUT2D eigenvalue weighted by Gasteiger charge is 2.31. The summed E-state index contributed by atoms with van der Waals surface area (Å²) in [6, 6.07) is 18.1. The Morgan fingerprint density at radius 2 is 1.79 bits per heavy atom.